The van der Waals surface area contributed by atoms with Crippen molar-refractivity contribution in [2.75, 3.05) is 0 Å². The van der Waals surface area contributed by atoms with Gasteiger partial charge in [-0.2, -0.15) is 4.98 Å². The van der Waals surface area contributed by atoms with E-state index in [0.717, 1.165) is 5.56 Å². The second-order valence-corrected chi connectivity index (χ2v) is 5.70. The molecule has 1 N–H and O–H groups in total. The molecule has 0 aliphatic carbocycles. The molecule has 0 fully saturated rings. The highest BCUT2D eigenvalue weighted by atomic mass is 16.5. The van der Waals surface area contributed by atoms with Crippen molar-refractivity contribution in [3.8, 4) is 0 Å². The summed E-state index contributed by atoms with van der Waals surface area (Å²) in [5.41, 5.74) is 2.09. The van der Waals surface area contributed by atoms with Crippen LogP contribution >= 0.6 is 0 Å². The third kappa shape index (κ3) is 3.02. The van der Waals surface area contributed by atoms with Crippen LogP contribution in [0.1, 0.15) is 27.8 Å². The summed E-state index contributed by atoms with van der Waals surface area (Å²) in [6.07, 6.45) is 1.51. The number of oxazole rings is 1. The van der Waals surface area contributed by atoms with E-state index in [1.54, 1.807) is 18.2 Å². The van der Waals surface area contributed by atoms with Crippen molar-refractivity contribution in [1.82, 2.24) is 20.0 Å². The highest BCUT2D eigenvalue weighted by Gasteiger charge is 2.17. The molecule has 9 heteroatoms. The fourth-order valence-electron chi connectivity index (χ4n) is 2.53. The van der Waals surface area contributed by atoms with Crippen LogP contribution in [0.3, 0.4) is 0 Å². The molecule has 3 aromatic heterocycles. The highest BCUT2D eigenvalue weighted by Crippen LogP contribution is 2.15. The van der Waals surface area contributed by atoms with Crippen LogP contribution < -0.4 is 11.1 Å². The van der Waals surface area contributed by atoms with Gasteiger partial charge in [-0.05, 0) is 36.8 Å². The Bertz CT molecular complexity index is 1120. The van der Waals surface area contributed by atoms with Crippen LogP contribution in [0.25, 0.3) is 11.1 Å². The Hall–Kier alpha value is -3.62. The van der Waals surface area contributed by atoms with Crippen molar-refractivity contribution in [1.29, 1.82) is 0 Å². The summed E-state index contributed by atoms with van der Waals surface area (Å²) in [4.78, 5) is 28.1. The molecule has 3 heterocycles. The average Bonchev–Trinajstić information content (AvgIpc) is 3.35. The van der Waals surface area contributed by atoms with Crippen LogP contribution in [0.2, 0.25) is 0 Å². The van der Waals surface area contributed by atoms with Crippen molar-refractivity contribution < 1.29 is 18.2 Å². The number of hydrogen-bond donors (Lipinski definition) is 1. The molecule has 132 valence electrons. The zero-order chi connectivity index (χ0) is 18.1. The van der Waals surface area contributed by atoms with Crippen LogP contribution in [0, 0.1) is 6.92 Å². The first kappa shape index (κ1) is 15.9. The number of rotatable bonds is 5. The fourth-order valence-corrected chi connectivity index (χ4v) is 2.53. The molecule has 0 radical (unpaired) electrons. The molecule has 1 aromatic carbocycles. The third-order valence-electron chi connectivity index (χ3n) is 3.79. The zero-order valence-electron chi connectivity index (χ0n) is 13.8. The summed E-state index contributed by atoms with van der Waals surface area (Å²) >= 11 is 0. The molecule has 0 aliphatic heterocycles. The normalized spacial score (nSPS) is 11.1. The number of aromatic nitrogens is 3. The van der Waals surface area contributed by atoms with E-state index in [9.17, 15) is 9.59 Å². The van der Waals surface area contributed by atoms with Gasteiger partial charge in [0, 0.05) is 0 Å². The van der Waals surface area contributed by atoms with E-state index in [1.807, 2.05) is 19.1 Å². The van der Waals surface area contributed by atoms with E-state index in [1.165, 1.54) is 10.8 Å². The Morgan fingerprint density at radius 2 is 2.19 bits per heavy atom. The quantitative estimate of drug-likeness (QED) is 0.581. The summed E-state index contributed by atoms with van der Waals surface area (Å²) < 4.78 is 16.7. The van der Waals surface area contributed by atoms with E-state index < -0.39 is 11.7 Å². The van der Waals surface area contributed by atoms with Crippen LogP contribution in [0.5, 0.6) is 0 Å². The first-order valence-corrected chi connectivity index (χ1v) is 7.83. The topological polar surface area (TPSA) is 116 Å². The van der Waals surface area contributed by atoms with Crippen molar-refractivity contribution in [3.05, 3.63) is 70.2 Å². The molecule has 0 aliphatic rings. The van der Waals surface area contributed by atoms with Gasteiger partial charge >= 0.3 is 17.6 Å². The monoisotopic (exact) mass is 354 g/mol. The molecule has 1 amide bonds. The summed E-state index contributed by atoms with van der Waals surface area (Å²) in [5, 5.41) is 6.36. The lowest BCUT2D eigenvalue weighted by molar-refractivity contribution is 0.0904. The van der Waals surface area contributed by atoms with E-state index in [2.05, 4.69) is 15.5 Å². The van der Waals surface area contributed by atoms with Gasteiger partial charge in [-0.3, -0.25) is 9.36 Å². The van der Waals surface area contributed by atoms with Crippen molar-refractivity contribution in [2.24, 2.45) is 0 Å². The second kappa shape index (κ2) is 6.36. The van der Waals surface area contributed by atoms with Crippen LogP contribution in [-0.2, 0) is 13.1 Å². The lowest BCUT2D eigenvalue weighted by atomic mass is 10.2. The van der Waals surface area contributed by atoms with Crippen molar-refractivity contribution in [3.63, 3.8) is 0 Å². The Morgan fingerprint density at radius 3 is 3.00 bits per heavy atom. The van der Waals surface area contributed by atoms with Crippen LogP contribution in [0.4, 0.5) is 0 Å². The Morgan fingerprint density at radius 1 is 1.31 bits per heavy atom. The summed E-state index contributed by atoms with van der Waals surface area (Å²) in [6.45, 7) is 2.15. The predicted octanol–water partition coefficient (Wildman–Crippen LogP) is 1.86. The van der Waals surface area contributed by atoms with Crippen LogP contribution in [0.15, 0.2) is 54.7 Å². The Kier molecular flexibility index (Phi) is 3.88. The third-order valence-corrected chi connectivity index (χ3v) is 3.79. The number of fused-ring (bicyclic) bond motifs is 1. The van der Waals surface area contributed by atoms with Gasteiger partial charge in [-0.1, -0.05) is 11.2 Å². The van der Waals surface area contributed by atoms with Gasteiger partial charge in [0.2, 0.25) is 0 Å². The van der Waals surface area contributed by atoms with E-state index in [4.69, 9.17) is 13.4 Å². The van der Waals surface area contributed by atoms with E-state index in [0.29, 0.717) is 16.9 Å². The van der Waals surface area contributed by atoms with Crippen LogP contribution in [-0.4, -0.2) is 20.6 Å². The number of carbonyl (C=O) groups is 1. The number of nitrogens with one attached hydrogen (secondary N) is 1. The van der Waals surface area contributed by atoms with Crippen molar-refractivity contribution >= 4 is 17.0 Å². The summed E-state index contributed by atoms with van der Waals surface area (Å²) in [5.74, 6) is -0.451. The molecule has 9 nitrogen and oxygen atoms in total. The largest absolute Gasteiger partial charge is 0.467 e. The first-order valence-electron chi connectivity index (χ1n) is 7.83. The summed E-state index contributed by atoms with van der Waals surface area (Å²) in [7, 11) is 0. The molecular formula is C17H14N4O5. The van der Waals surface area contributed by atoms with E-state index in [-0.39, 0.29) is 24.8 Å². The number of carbonyl (C=O) groups excluding carboxylic acids is 1. The Balaban J connectivity index is 1.52. The summed E-state index contributed by atoms with van der Waals surface area (Å²) in [6, 6.07) is 8.87. The molecule has 0 spiro atoms. The van der Waals surface area contributed by atoms with E-state index >= 15 is 0 Å². The predicted molar refractivity (Wildman–Crippen MR) is 88.5 cm³/mol. The number of furan rings is 1. The minimum absolute atomic E-state index is 0.0320. The minimum Gasteiger partial charge on any atom is -0.467 e. The molecule has 0 atom stereocenters. The molecule has 0 unspecified atom stereocenters. The second-order valence-electron chi connectivity index (χ2n) is 5.70. The maximum Gasteiger partial charge on any atom is 0.420 e. The lowest BCUT2D eigenvalue weighted by Crippen LogP contribution is -2.23. The minimum atomic E-state index is -0.528. The number of hydrogen-bond acceptors (Lipinski definition) is 7. The van der Waals surface area contributed by atoms with Gasteiger partial charge in [0.1, 0.15) is 5.76 Å². The molecule has 4 rings (SSSR count). The van der Waals surface area contributed by atoms with Gasteiger partial charge in [0.15, 0.2) is 11.4 Å². The molecule has 26 heavy (non-hydrogen) atoms. The lowest BCUT2D eigenvalue weighted by Gasteiger charge is -1.99. The molecular weight excluding hydrogens is 340 g/mol. The zero-order valence-corrected chi connectivity index (χ0v) is 13.8. The fraction of sp³-hybridized carbons (Fsp3) is 0.176. The number of benzene rings is 1. The molecule has 0 saturated carbocycles. The SMILES string of the molecule is Cc1ccc2oc(=O)n(Cc3noc(C(=O)NCc4ccco4)n3)c2c1. The molecule has 0 bridgehead atoms. The number of nitrogens with zero attached hydrogens (tertiary/aromatic N) is 3. The van der Waals surface area contributed by atoms with Gasteiger partial charge in [0.05, 0.1) is 24.9 Å². The van der Waals surface area contributed by atoms with Gasteiger partial charge < -0.3 is 18.7 Å². The standard InChI is InChI=1S/C17H14N4O5/c1-10-4-5-13-12(7-10)21(17(23)25-13)9-14-19-16(26-20-14)15(22)18-8-11-3-2-6-24-11/h2-7H,8-9H2,1H3,(H,18,22). The molecule has 4 aromatic rings. The van der Waals surface area contributed by atoms with Crippen molar-refractivity contribution in [2.45, 2.75) is 20.0 Å². The first-order chi connectivity index (χ1) is 12.6. The maximum atomic E-state index is 12.0. The maximum absolute atomic E-state index is 12.0. The number of amides is 1. The van der Waals surface area contributed by atoms with Gasteiger partial charge in [0.25, 0.3) is 0 Å². The Labute approximate surface area is 146 Å². The van der Waals surface area contributed by atoms with Gasteiger partial charge in [-0.25, -0.2) is 4.79 Å². The van der Waals surface area contributed by atoms with Gasteiger partial charge in [-0.15, -0.1) is 0 Å². The highest BCUT2D eigenvalue weighted by molar-refractivity contribution is 5.89. The molecule has 0 saturated heterocycles. The smallest absolute Gasteiger partial charge is 0.420 e. The number of aryl methyl sites for hydroxylation is 1. The average molecular weight is 354 g/mol.